The van der Waals surface area contributed by atoms with Gasteiger partial charge in [0.25, 0.3) is 0 Å². The van der Waals surface area contributed by atoms with Crippen LogP contribution in [0.25, 0.3) is 0 Å². The van der Waals surface area contributed by atoms with Crippen molar-refractivity contribution < 1.29 is 10.2 Å². The molecule has 0 fully saturated rings. The van der Waals surface area contributed by atoms with Gasteiger partial charge in [0, 0.05) is 6.04 Å². The number of fused-ring (bicyclic) bond motifs is 1. The second-order valence-corrected chi connectivity index (χ2v) is 4.88. The third-order valence-electron chi connectivity index (χ3n) is 3.44. The summed E-state index contributed by atoms with van der Waals surface area (Å²) in [6.45, 7) is 2.74. The number of phenols is 1. The predicted octanol–water partition coefficient (Wildman–Crippen LogP) is 2.13. The summed E-state index contributed by atoms with van der Waals surface area (Å²) in [5.41, 5.74) is 2.34. The van der Waals surface area contributed by atoms with Crippen LogP contribution in [0.1, 0.15) is 43.4 Å². The van der Waals surface area contributed by atoms with Crippen LogP contribution in [-0.2, 0) is 6.42 Å². The van der Waals surface area contributed by atoms with E-state index in [0.29, 0.717) is 11.8 Å². The van der Waals surface area contributed by atoms with Gasteiger partial charge in [-0.1, -0.05) is 12.1 Å². The minimum atomic E-state index is -0.211. The molecule has 0 aromatic heterocycles. The third-order valence-corrected chi connectivity index (χ3v) is 3.44. The van der Waals surface area contributed by atoms with E-state index in [-0.39, 0.29) is 6.10 Å². The van der Waals surface area contributed by atoms with Crippen molar-refractivity contribution in [2.75, 3.05) is 6.54 Å². The molecule has 0 saturated heterocycles. The smallest absolute Gasteiger partial charge is 0.119 e. The highest BCUT2D eigenvalue weighted by Gasteiger charge is 2.23. The molecule has 94 valence electrons. The lowest BCUT2D eigenvalue weighted by Crippen LogP contribution is -2.21. The molecule has 3 heteroatoms. The number of hydrogen-bond acceptors (Lipinski definition) is 3. The fourth-order valence-corrected chi connectivity index (χ4v) is 2.52. The minimum absolute atomic E-state index is 0.211. The van der Waals surface area contributed by atoms with Crippen LogP contribution in [0.3, 0.4) is 0 Å². The molecule has 0 bridgehead atoms. The molecule has 0 amide bonds. The Labute approximate surface area is 102 Å². The molecule has 2 atom stereocenters. The fraction of sp³-hybridized carbons (Fsp3) is 0.571. The molecular formula is C14H21NO2. The zero-order valence-electron chi connectivity index (χ0n) is 10.3. The molecule has 1 aromatic carbocycles. The first kappa shape index (κ1) is 12.4. The second-order valence-electron chi connectivity index (χ2n) is 4.88. The summed E-state index contributed by atoms with van der Waals surface area (Å²) < 4.78 is 0. The largest absolute Gasteiger partial charge is 0.508 e. The summed E-state index contributed by atoms with van der Waals surface area (Å²) in [7, 11) is 0. The van der Waals surface area contributed by atoms with Crippen LogP contribution >= 0.6 is 0 Å². The molecule has 1 aliphatic rings. The first-order chi connectivity index (χ1) is 8.18. The van der Waals surface area contributed by atoms with E-state index in [2.05, 4.69) is 11.4 Å². The van der Waals surface area contributed by atoms with Crippen LogP contribution in [0.4, 0.5) is 0 Å². The Morgan fingerprint density at radius 1 is 1.47 bits per heavy atom. The number of nitrogens with one attached hydrogen (secondary N) is 1. The fourth-order valence-electron chi connectivity index (χ4n) is 2.52. The number of aliphatic hydroxyl groups excluding tert-OH is 1. The standard InChI is InChI=1S/C14H21NO2/c1-10(16)4-3-9-15-13-8-7-12-11(13)5-2-6-14(12)17/h2,5-6,10,13,15-17H,3-4,7-9H2,1H3. The van der Waals surface area contributed by atoms with Crippen LogP contribution in [0.2, 0.25) is 0 Å². The van der Waals surface area contributed by atoms with Gasteiger partial charge >= 0.3 is 0 Å². The highest BCUT2D eigenvalue weighted by molar-refractivity contribution is 5.44. The highest BCUT2D eigenvalue weighted by atomic mass is 16.3. The van der Waals surface area contributed by atoms with Crippen molar-refractivity contribution in [2.45, 2.75) is 44.8 Å². The normalized spacial score (nSPS) is 20.2. The maximum absolute atomic E-state index is 9.73. The van der Waals surface area contributed by atoms with Crippen molar-refractivity contribution in [3.63, 3.8) is 0 Å². The van der Waals surface area contributed by atoms with Crippen molar-refractivity contribution in [2.24, 2.45) is 0 Å². The summed E-state index contributed by atoms with van der Waals surface area (Å²) in [5.74, 6) is 0.427. The lowest BCUT2D eigenvalue weighted by Gasteiger charge is -2.14. The summed E-state index contributed by atoms with van der Waals surface area (Å²) in [6, 6.07) is 6.12. The number of aromatic hydroxyl groups is 1. The molecular weight excluding hydrogens is 214 g/mol. The van der Waals surface area contributed by atoms with Crippen molar-refractivity contribution in [3.05, 3.63) is 29.3 Å². The Hall–Kier alpha value is -1.06. The Bertz CT molecular complexity index is 376. The molecule has 2 unspecified atom stereocenters. The number of aliphatic hydroxyl groups is 1. The SMILES string of the molecule is CC(O)CCCNC1CCc2c(O)cccc21. The molecule has 0 saturated carbocycles. The van der Waals surface area contributed by atoms with Crippen LogP contribution in [0.5, 0.6) is 5.75 Å². The molecule has 2 rings (SSSR count). The zero-order chi connectivity index (χ0) is 12.3. The van der Waals surface area contributed by atoms with E-state index in [9.17, 15) is 10.2 Å². The molecule has 0 radical (unpaired) electrons. The van der Waals surface area contributed by atoms with E-state index in [1.54, 1.807) is 6.07 Å². The van der Waals surface area contributed by atoms with Gasteiger partial charge in [-0.2, -0.15) is 0 Å². The topological polar surface area (TPSA) is 52.5 Å². The molecule has 1 aliphatic carbocycles. The van der Waals surface area contributed by atoms with Gasteiger partial charge < -0.3 is 15.5 Å². The first-order valence-corrected chi connectivity index (χ1v) is 6.40. The van der Waals surface area contributed by atoms with Crippen LogP contribution < -0.4 is 5.32 Å². The molecule has 3 nitrogen and oxygen atoms in total. The maximum atomic E-state index is 9.73. The first-order valence-electron chi connectivity index (χ1n) is 6.40. The number of phenolic OH excluding ortho intramolecular Hbond substituents is 1. The Kier molecular flexibility index (Phi) is 4.02. The average Bonchev–Trinajstić information content (AvgIpc) is 2.69. The minimum Gasteiger partial charge on any atom is -0.508 e. The molecule has 0 spiro atoms. The number of rotatable bonds is 5. The van der Waals surface area contributed by atoms with Crippen molar-refractivity contribution in [1.29, 1.82) is 0 Å². The third kappa shape index (κ3) is 2.99. The van der Waals surface area contributed by atoms with Crippen LogP contribution in [0.15, 0.2) is 18.2 Å². The van der Waals surface area contributed by atoms with Gasteiger partial charge in [-0.15, -0.1) is 0 Å². The zero-order valence-corrected chi connectivity index (χ0v) is 10.3. The van der Waals surface area contributed by atoms with E-state index in [0.717, 1.165) is 37.8 Å². The maximum Gasteiger partial charge on any atom is 0.119 e. The van der Waals surface area contributed by atoms with Gasteiger partial charge in [-0.25, -0.2) is 0 Å². The van der Waals surface area contributed by atoms with E-state index >= 15 is 0 Å². The van der Waals surface area contributed by atoms with E-state index in [4.69, 9.17) is 0 Å². The highest BCUT2D eigenvalue weighted by Crippen LogP contribution is 2.36. The van der Waals surface area contributed by atoms with E-state index in [1.807, 2.05) is 13.0 Å². The van der Waals surface area contributed by atoms with Gasteiger partial charge in [0.1, 0.15) is 5.75 Å². The van der Waals surface area contributed by atoms with Crippen LogP contribution in [0, 0.1) is 0 Å². The van der Waals surface area contributed by atoms with Crippen molar-refractivity contribution in [3.8, 4) is 5.75 Å². The summed E-state index contributed by atoms with van der Waals surface area (Å²) in [6.07, 6.45) is 3.63. The average molecular weight is 235 g/mol. The summed E-state index contributed by atoms with van der Waals surface area (Å²) in [4.78, 5) is 0. The van der Waals surface area contributed by atoms with Gasteiger partial charge in [0.2, 0.25) is 0 Å². The number of benzene rings is 1. The molecule has 1 aromatic rings. The molecule has 0 heterocycles. The summed E-state index contributed by atoms with van der Waals surface area (Å²) in [5, 5.41) is 22.4. The predicted molar refractivity (Wildman–Crippen MR) is 68.1 cm³/mol. The Morgan fingerprint density at radius 2 is 2.29 bits per heavy atom. The van der Waals surface area contributed by atoms with Gasteiger partial charge in [0.05, 0.1) is 6.10 Å². The summed E-state index contributed by atoms with van der Waals surface area (Å²) >= 11 is 0. The van der Waals surface area contributed by atoms with Crippen molar-refractivity contribution in [1.82, 2.24) is 5.32 Å². The van der Waals surface area contributed by atoms with Crippen molar-refractivity contribution >= 4 is 0 Å². The quantitative estimate of drug-likeness (QED) is 0.685. The van der Waals surface area contributed by atoms with Crippen LogP contribution in [-0.4, -0.2) is 22.9 Å². The number of hydrogen-bond donors (Lipinski definition) is 3. The lowest BCUT2D eigenvalue weighted by atomic mass is 10.1. The molecule has 17 heavy (non-hydrogen) atoms. The van der Waals surface area contributed by atoms with Gasteiger partial charge in [0.15, 0.2) is 0 Å². The lowest BCUT2D eigenvalue weighted by molar-refractivity contribution is 0.181. The Balaban J connectivity index is 1.87. The Morgan fingerprint density at radius 3 is 3.06 bits per heavy atom. The monoisotopic (exact) mass is 235 g/mol. The van der Waals surface area contributed by atoms with E-state index in [1.165, 1.54) is 5.56 Å². The van der Waals surface area contributed by atoms with Gasteiger partial charge in [-0.05, 0) is 56.3 Å². The molecule has 3 N–H and O–H groups in total. The second kappa shape index (κ2) is 5.52. The van der Waals surface area contributed by atoms with Gasteiger partial charge in [-0.3, -0.25) is 0 Å². The molecule has 0 aliphatic heterocycles. The van der Waals surface area contributed by atoms with E-state index < -0.39 is 0 Å².